The molecule has 0 saturated heterocycles. The van der Waals surface area contributed by atoms with Crippen molar-refractivity contribution in [2.24, 2.45) is 0 Å². The lowest BCUT2D eigenvalue weighted by Crippen LogP contribution is -2.27. The molecule has 5 heteroatoms. The van der Waals surface area contributed by atoms with Gasteiger partial charge in [-0.2, -0.15) is 0 Å². The minimum absolute atomic E-state index is 0.155. The maximum absolute atomic E-state index is 12.0. The molecule has 0 aliphatic carbocycles. The molecule has 1 amide bonds. The van der Waals surface area contributed by atoms with Crippen LogP contribution < -0.4 is 15.8 Å². The fourth-order valence-corrected chi connectivity index (χ4v) is 1.65. The van der Waals surface area contributed by atoms with Crippen molar-refractivity contribution in [3.63, 3.8) is 0 Å². The highest BCUT2D eigenvalue weighted by Crippen LogP contribution is 2.25. The van der Waals surface area contributed by atoms with Crippen molar-refractivity contribution in [3.8, 4) is 5.75 Å². The molecular weight excluding hydrogens is 230 g/mol. The Balaban J connectivity index is 2.59. The highest BCUT2D eigenvalue weighted by molar-refractivity contribution is 5.98. The van der Waals surface area contributed by atoms with Crippen molar-refractivity contribution in [2.45, 2.75) is 6.42 Å². The van der Waals surface area contributed by atoms with Crippen LogP contribution in [0.2, 0.25) is 0 Å². The van der Waals surface area contributed by atoms with E-state index in [2.05, 4.69) is 10.2 Å². The smallest absolute Gasteiger partial charge is 0.255 e. The van der Waals surface area contributed by atoms with Crippen molar-refractivity contribution < 1.29 is 9.53 Å². The highest BCUT2D eigenvalue weighted by Gasteiger charge is 2.13. The van der Waals surface area contributed by atoms with Gasteiger partial charge in [-0.25, -0.2) is 0 Å². The van der Waals surface area contributed by atoms with Gasteiger partial charge >= 0.3 is 0 Å². The van der Waals surface area contributed by atoms with E-state index in [9.17, 15) is 4.79 Å². The van der Waals surface area contributed by atoms with E-state index in [-0.39, 0.29) is 5.91 Å². The Hall–Kier alpha value is -1.75. The van der Waals surface area contributed by atoms with Crippen LogP contribution in [-0.2, 0) is 0 Å². The van der Waals surface area contributed by atoms with Gasteiger partial charge in [-0.3, -0.25) is 4.79 Å². The number of amides is 1. The summed E-state index contributed by atoms with van der Waals surface area (Å²) in [5, 5.41) is 2.86. The summed E-state index contributed by atoms with van der Waals surface area (Å²) < 4.78 is 5.15. The van der Waals surface area contributed by atoms with Crippen LogP contribution in [0.3, 0.4) is 0 Å². The van der Waals surface area contributed by atoms with E-state index in [1.165, 1.54) is 7.11 Å². The van der Waals surface area contributed by atoms with Crippen LogP contribution in [0.1, 0.15) is 16.8 Å². The summed E-state index contributed by atoms with van der Waals surface area (Å²) in [4.78, 5) is 14.0. The number of para-hydroxylation sites is 1. The number of rotatable bonds is 6. The van der Waals surface area contributed by atoms with Gasteiger partial charge in [0.2, 0.25) is 0 Å². The number of methoxy groups -OCH3 is 1. The van der Waals surface area contributed by atoms with Crippen LogP contribution in [0.15, 0.2) is 18.2 Å². The second-order valence-electron chi connectivity index (χ2n) is 4.34. The molecule has 1 rings (SSSR count). The molecule has 0 aliphatic heterocycles. The molecule has 0 fully saturated rings. The number of carbonyl (C=O) groups excluding carboxylic acids is 1. The molecule has 5 nitrogen and oxygen atoms in total. The Morgan fingerprint density at radius 2 is 2.17 bits per heavy atom. The van der Waals surface area contributed by atoms with Gasteiger partial charge in [-0.1, -0.05) is 6.07 Å². The van der Waals surface area contributed by atoms with Crippen LogP contribution in [0.5, 0.6) is 5.75 Å². The molecule has 18 heavy (non-hydrogen) atoms. The minimum atomic E-state index is -0.155. The Labute approximate surface area is 108 Å². The molecule has 0 aliphatic rings. The van der Waals surface area contributed by atoms with Gasteiger partial charge in [-0.05, 0) is 39.2 Å². The first-order valence-electron chi connectivity index (χ1n) is 5.91. The molecule has 0 aromatic heterocycles. The normalized spacial score (nSPS) is 10.4. The number of nitrogens with zero attached hydrogens (tertiary/aromatic N) is 1. The summed E-state index contributed by atoms with van der Waals surface area (Å²) in [5.41, 5.74) is 6.70. The second kappa shape index (κ2) is 6.86. The van der Waals surface area contributed by atoms with Gasteiger partial charge in [0.15, 0.2) is 5.75 Å². The number of hydrogen-bond acceptors (Lipinski definition) is 4. The Bertz CT molecular complexity index is 405. The van der Waals surface area contributed by atoms with Crippen LogP contribution in [-0.4, -0.2) is 45.1 Å². The number of carbonyl (C=O) groups is 1. The van der Waals surface area contributed by atoms with Crippen LogP contribution >= 0.6 is 0 Å². The van der Waals surface area contributed by atoms with Gasteiger partial charge in [0.25, 0.3) is 5.91 Å². The summed E-state index contributed by atoms with van der Waals surface area (Å²) in [6, 6.07) is 5.16. The van der Waals surface area contributed by atoms with E-state index in [4.69, 9.17) is 10.5 Å². The predicted octanol–water partition coefficient (Wildman–Crippen LogP) is 0.959. The van der Waals surface area contributed by atoms with Gasteiger partial charge in [0.05, 0.1) is 18.4 Å². The maximum atomic E-state index is 12.0. The molecule has 0 spiro atoms. The van der Waals surface area contributed by atoms with Gasteiger partial charge in [0.1, 0.15) is 0 Å². The standard InChI is InChI=1S/C13H21N3O2/c1-16(2)9-5-8-15-13(17)10-6-4-7-11(14)12(10)18-3/h4,6-7H,5,8-9,14H2,1-3H3,(H,15,17). The third-order valence-corrected chi connectivity index (χ3v) is 2.56. The third kappa shape index (κ3) is 3.92. The van der Waals surface area contributed by atoms with Crippen LogP contribution in [0.4, 0.5) is 5.69 Å². The van der Waals surface area contributed by atoms with Crippen molar-refractivity contribution >= 4 is 11.6 Å². The average Bonchev–Trinajstić information content (AvgIpc) is 2.33. The Morgan fingerprint density at radius 3 is 2.78 bits per heavy atom. The van der Waals surface area contributed by atoms with Crippen molar-refractivity contribution in [1.82, 2.24) is 10.2 Å². The molecule has 0 unspecified atom stereocenters. The van der Waals surface area contributed by atoms with E-state index in [1.54, 1.807) is 18.2 Å². The largest absolute Gasteiger partial charge is 0.494 e. The number of nitrogen functional groups attached to an aromatic ring is 1. The first kappa shape index (κ1) is 14.3. The molecule has 0 bridgehead atoms. The zero-order valence-electron chi connectivity index (χ0n) is 11.2. The molecular formula is C13H21N3O2. The van der Waals surface area contributed by atoms with Crippen LogP contribution in [0, 0.1) is 0 Å². The molecule has 0 heterocycles. The summed E-state index contributed by atoms with van der Waals surface area (Å²) in [7, 11) is 5.51. The SMILES string of the molecule is COc1c(N)cccc1C(=O)NCCCN(C)C. The predicted molar refractivity (Wildman–Crippen MR) is 72.9 cm³/mol. The molecule has 100 valence electrons. The summed E-state index contributed by atoms with van der Waals surface area (Å²) >= 11 is 0. The summed E-state index contributed by atoms with van der Waals surface area (Å²) in [6.45, 7) is 1.57. The number of hydrogen-bond donors (Lipinski definition) is 2. The van der Waals surface area contributed by atoms with Gasteiger partial charge in [-0.15, -0.1) is 0 Å². The lowest BCUT2D eigenvalue weighted by atomic mass is 10.1. The van der Waals surface area contributed by atoms with E-state index in [0.29, 0.717) is 23.5 Å². The Kier molecular flexibility index (Phi) is 5.45. The first-order chi connectivity index (χ1) is 8.56. The number of ether oxygens (including phenoxy) is 1. The second-order valence-corrected chi connectivity index (χ2v) is 4.34. The lowest BCUT2D eigenvalue weighted by molar-refractivity contribution is 0.0949. The molecule has 0 atom stereocenters. The fraction of sp³-hybridized carbons (Fsp3) is 0.462. The van der Waals surface area contributed by atoms with Gasteiger partial charge in [0, 0.05) is 6.54 Å². The van der Waals surface area contributed by atoms with E-state index in [1.807, 2.05) is 14.1 Å². The average molecular weight is 251 g/mol. The van der Waals surface area contributed by atoms with E-state index >= 15 is 0 Å². The highest BCUT2D eigenvalue weighted by atomic mass is 16.5. The fourth-order valence-electron chi connectivity index (χ4n) is 1.65. The monoisotopic (exact) mass is 251 g/mol. The summed E-state index contributed by atoms with van der Waals surface area (Å²) in [5.74, 6) is 0.278. The summed E-state index contributed by atoms with van der Waals surface area (Å²) in [6.07, 6.45) is 0.906. The topological polar surface area (TPSA) is 67.6 Å². The Morgan fingerprint density at radius 1 is 1.44 bits per heavy atom. The minimum Gasteiger partial charge on any atom is -0.494 e. The maximum Gasteiger partial charge on any atom is 0.255 e. The van der Waals surface area contributed by atoms with Crippen molar-refractivity contribution in [1.29, 1.82) is 0 Å². The first-order valence-corrected chi connectivity index (χ1v) is 5.91. The number of benzene rings is 1. The quantitative estimate of drug-likeness (QED) is 0.583. The molecule has 0 radical (unpaired) electrons. The molecule has 3 N–H and O–H groups in total. The number of nitrogens with two attached hydrogens (primary N) is 1. The van der Waals surface area contributed by atoms with E-state index < -0.39 is 0 Å². The number of nitrogens with one attached hydrogen (secondary N) is 1. The van der Waals surface area contributed by atoms with Crippen LogP contribution in [0.25, 0.3) is 0 Å². The number of anilines is 1. The molecule has 0 saturated carbocycles. The third-order valence-electron chi connectivity index (χ3n) is 2.56. The van der Waals surface area contributed by atoms with E-state index in [0.717, 1.165) is 13.0 Å². The zero-order chi connectivity index (χ0) is 13.5. The van der Waals surface area contributed by atoms with Gasteiger partial charge < -0.3 is 20.7 Å². The lowest BCUT2D eigenvalue weighted by Gasteiger charge is -2.12. The zero-order valence-corrected chi connectivity index (χ0v) is 11.2. The van der Waals surface area contributed by atoms with Crippen molar-refractivity contribution in [2.75, 3.05) is 40.0 Å². The molecule has 1 aromatic carbocycles. The van der Waals surface area contributed by atoms with Crippen molar-refractivity contribution in [3.05, 3.63) is 23.8 Å². The molecule has 1 aromatic rings.